The van der Waals surface area contributed by atoms with Crippen LogP contribution >= 0.6 is 15.9 Å². The van der Waals surface area contributed by atoms with Crippen LogP contribution in [0.3, 0.4) is 0 Å². The second-order valence-electron chi connectivity index (χ2n) is 3.94. The van der Waals surface area contributed by atoms with Crippen LogP contribution < -0.4 is 10.6 Å². The Morgan fingerprint density at radius 2 is 1.89 bits per heavy atom. The standard InChI is InChI=1S/C14H16BrN3/c15-13-8-4-10-17-14(13)18(11-5-9-16)12-6-2-1-3-7-12/h1-4,6-8,10H,5,9,11,16H2. The van der Waals surface area contributed by atoms with Crippen LogP contribution in [-0.2, 0) is 0 Å². The van der Waals surface area contributed by atoms with Gasteiger partial charge in [-0.25, -0.2) is 4.98 Å². The van der Waals surface area contributed by atoms with Gasteiger partial charge in [0.2, 0.25) is 0 Å². The van der Waals surface area contributed by atoms with Crippen molar-refractivity contribution in [1.82, 2.24) is 4.98 Å². The lowest BCUT2D eigenvalue weighted by Crippen LogP contribution is -2.22. The SMILES string of the molecule is NCCCN(c1ccccc1)c1ncccc1Br. The summed E-state index contributed by atoms with van der Waals surface area (Å²) >= 11 is 3.55. The highest BCUT2D eigenvalue weighted by atomic mass is 79.9. The Balaban J connectivity index is 2.34. The molecule has 0 bridgehead atoms. The van der Waals surface area contributed by atoms with Crippen molar-refractivity contribution in [3.05, 3.63) is 53.1 Å². The number of nitrogens with zero attached hydrogens (tertiary/aromatic N) is 2. The molecule has 18 heavy (non-hydrogen) atoms. The van der Waals surface area contributed by atoms with Crippen LogP contribution in [0.1, 0.15) is 6.42 Å². The molecule has 0 fully saturated rings. The maximum Gasteiger partial charge on any atom is 0.147 e. The highest BCUT2D eigenvalue weighted by molar-refractivity contribution is 9.10. The molecule has 2 N–H and O–H groups in total. The van der Waals surface area contributed by atoms with Crippen LogP contribution in [-0.4, -0.2) is 18.1 Å². The van der Waals surface area contributed by atoms with Crippen LogP contribution in [0.15, 0.2) is 53.1 Å². The second-order valence-corrected chi connectivity index (χ2v) is 4.79. The molecule has 4 heteroatoms. The molecule has 0 saturated carbocycles. The summed E-state index contributed by atoms with van der Waals surface area (Å²) in [6.45, 7) is 1.53. The van der Waals surface area contributed by atoms with Gasteiger partial charge < -0.3 is 10.6 Å². The van der Waals surface area contributed by atoms with Gasteiger partial charge in [0.05, 0.1) is 4.47 Å². The van der Waals surface area contributed by atoms with Crippen molar-refractivity contribution in [1.29, 1.82) is 0 Å². The zero-order chi connectivity index (χ0) is 12.8. The number of rotatable bonds is 5. The fraction of sp³-hybridized carbons (Fsp3) is 0.214. The minimum atomic E-state index is 0.674. The highest BCUT2D eigenvalue weighted by Gasteiger charge is 2.12. The molecule has 2 rings (SSSR count). The van der Waals surface area contributed by atoms with Gasteiger partial charge in [0.15, 0.2) is 0 Å². The Morgan fingerprint density at radius 3 is 2.56 bits per heavy atom. The molecule has 1 aromatic heterocycles. The number of pyridine rings is 1. The number of nitrogens with two attached hydrogens (primary N) is 1. The first-order valence-electron chi connectivity index (χ1n) is 5.96. The number of halogens is 1. The molecule has 94 valence electrons. The molecule has 1 aromatic carbocycles. The Labute approximate surface area is 116 Å². The quantitative estimate of drug-likeness (QED) is 0.921. The first kappa shape index (κ1) is 13.1. The van der Waals surface area contributed by atoms with E-state index in [1.807, 2.05) is 30.3 Å². The van der Waals surface area contributed by atoms with Crippen molar-refractivity contribution in [3.8, 4) is 0 Å². The van der Waals surface area contributed by atoms with Gasteiger partial charge in [-0.1, -0.05) is 18.2 Å². The zero-order valence-electron chi connectivity index (χ0n) is 10.1. The molecule has 3 nitrogen and oxygen atoms in total. The Bertz CT molecular complexity index is 487. The van der Waals surface area contributed by atoms with E-state index in [2.05, 4.69) is 37.9 Å². The first-order valence-corrected chi connectivity index (χ1v) is 6.75. The van der Waals surface area contributed by atoms with Gasteiger partial charge in [-0.2, -0.15) is 0 Å². The molecular weight excluding hydrogens is 290 g/mol. The van der Waals surface area contributed by atoms with Crippen molar-refractivity contribution in [2.24, 2.45) is 5.73 Å². The molecule has 0 aliphatic heterocycles. The largest absolute Gasteiger partial charge is 0.330 e. The van der Waals surface area contributed by atoms with Crippen molar-refractivity contribution in [2.75, 3.05) is 18.0 Å². The number of anilines is 2. The van der Waals surface area contributed by atoms with E-state index in [1.54, 1.807) is 6.20 Å². The molecule has 1 heterocycles. The average molecular weight is 306 g/mol. The number of para-hydroxylation sites is 1. The van der Waals surface area contributed by atoms with E-state index in [0.717, 1.165) is 28.9 Å². The summed E-state index contributed by atoms with van der Waals surface area (Å²) < 4.78 is 0.992. The molecule has 2 aromatic rings. The van der Waals surface area contributed by atoms with Crippen LogP contribution in [0.4, 0.5) is 11.5 Å². The predicted molar refractivity (Wildman–Crippen MR) is 79.1 cm³/mol. The Kier molecular flexibility index (Phi) is 4.73. The van der Waals surface area contributed by atoms with E-state index in [1.165, 1.54) is 0 Å². The number of hydrogen-bond acceptors (Lipinski definition) is 3. The maximum absolute atomic E-state index is 5.61. The smallest absolute Gasteiger partial charge is 0.147 e. The molecule has 0 atom stereocenters. The van der Waals surface area contributed by atoms with Crippen molar-refractivity contribution >= 4 is 27.4 Å². The molecule has 0 saturated heterocycles. The second kappa shape index (κ2) is 6.52. The number of hydrogen-bond donors (Lipinski definition) is 1. The maximum atomic E-state index is 5.61. The molecule has 0 aliphatic carbocycles. The summed E-state index contributed by atoms with van der Waals surface area (Å²) in [6, 6.07) is 14.1. The van der Waals surface area contributed by atoms with Gasteiger partial charge in [-0.3, -0.25) is 0 Å². The summed E-state index contributed by atoms with van der Waals surface area (Å²) in [6.07, 6.45) is 2.73. The monoisotopic (exact) mass is 305 g/mol. The van der Waals surface area contributed by atoms with E-state index in [0.29, 0.717) is 6.54 Å². The molecule has 0 amide bonds. The highest BCUT2D eigenvalue weighted by Crippen LogP contribution is 2.29. The lowest BCUT2D eigenvalue weighted by molar-refractivity contribution is 0.809. The summed E-state index contributed by atoms with van der Waals surface area (Å²) in [5.41, 5.74) is 6.74. The summed E-state index contributed by atoms with van der Waals surface area (Å²) in [5.74, 6) is 0.928. The third-order valence-corrected chi connectivity index (χ3v) is 3.27. The summed E-state index contributed by atoms with van der Waals surface area (Å²) in [7, 11) is 0. The third-order valence-electron chi connectivity index (χ3n) is 2.65. The molecular formula is C14H16BrN3. The number of benzene rings is 1. The van der Waals surface area contributed by atoms with Crippen molar-refractivity contribution < 1.29 is 0 Å². The number of aromatic nitrogens is 1. The van der Waals surface area contributed by atoms with Gasteiger partial charge in [-0.05, 0) is 53.2 Å². The van der Waals surface area contributed by atoms with Crippen molar-refractivity contribution in [2.45, 2.75) is 6.42 Å². The normalized spacial score (nSPS) is 10.3. The predicted octanol–water partition coefficient (Wildman–Crippen LogP) is 3.33. The van der Waals surface area contributed by atoms with Gasteiger partial charge >= 0.3 is 0 Å². The summed E-state index contributed by atoms with van der Waals surface area (Å²) in [4.78, 5) is 6.62. The van der Waals surface area contributed by atoms with E-state index < -0.39 is 0 Å². The Morgan fingerprint density at radius 1 is 1.11 bits per heavy atom. The summed E-state index contributed by atoms with van der Waals surface area (Å²) in [5, 5.41) is 0. The molecule has 0 unspecified atom stereocenters. The molecule has 0 radical (unpaired) electrons. The topological polar surface area (TPSA) is 42.1 Å². The molecule has 0 spiro atoms. The zero-order valence-corrected chi connectivity index (χ0v) is 11.7. The van der Waals surface area contributed by atoms with Gasteiger partial charge in [0.1, 0.15) is 5.82 Å². The molecule has 0 aliphatic rings. The minimum Gasteiger partial charge on any atom is -0.330 e. The van der Waals surface area contributed by atoms with E-state index in [-0.39, 0.29) is 0 Å². The van der Waals surface area contributed by atoms with Gasteiger partial charge in [0.25, 0.3) is 0 Å². The third kappa shape index (κ3) is 3.09. The first-order chi connectivity index (χ1) is 8.83. The van der Waals surface area contributed by atoms with E-state index >= 15 is 0 Å². The fourth-order valence-electron chi connectivity index (χ4n) is 1.79. The van der Waals surface area contributed by atoms with Crippen LogP contribution in [0.25, 0.3) is 0 Å². The van der Waals surface area contributed by atoms with E-state index in [9.17, 15) is 0 Å². The Hall–Kier alpha value is -1.39. The van der Waals surface area contributed by atoms with Gasteiger partial charge in [-0.15, -0.1) is 0 Å². The van der Waals surface area contributed by atoms with Crippen molar-refractivity contribution in [3.63, 3.8) is 0 Å². The van der Waals surface area contributed by atoms with Crippen LogP contribution in [0.5, 0.6) is 0 Å². The average Bonchev–Trinajstić information content (AvgIpc) is 2.42. The van der Waals surface area contributed by atoms with Gasteiger partial charge in [0, 0.05) is 18.4 Å². The fourth-order valence-corrected chi connectivity index (χ4v) is 2.26. The van der Waals surface area contributed by atoms with Crippen LogP contribution in [0.2, 0.25) is 0 Å². The lowest BCUT2D eigenvalue weighted by atomic mass is 10.2. The van der Waals surface area contributed by atoms with E-state index in [4.69, 9.17) is 5.73 Å². The minimum absolute atomic E-state index is 0.674. The van der Waals surface area contributed by atoms with Crippen LogP contribution in [0, 0.1) is 0 Å². The lowest BCUT2D eigenvalue weighted by Gasteiger charge is -2.24.